The van der Waals surface area contributed by atoms with Gasteiger partial charge < -0.3 is 9.84 Å². The molecule has 1 aliphatic rings. The molecule has 0 spiro atoms. The lowest BCUT2D eigenvalue weighted by Crippen LogP contribution is -2.29. The fourth-order valence-electron chi connectivity index (χ4n) is 4.14. The molecule has 0 saturated carbocycles. The summed E-state index contributed by atoms with van der Waals surface area (Å²) in [6.07, 6.45) is 0. The molecule has 1 aromatic heterocycles. The molecule has 1 aliphatic heterocycles. The number of amides is 1. The number of aromatic nitrogens is 1. The molecule has 3 aromatic carbocycles. The number of rotatable bonds is 5. The molecule has 4 aromatic rings. The van der Waals surface area contributed by atoms with E-state index in [1.807, 2.05) is 26.0 Å². The van der Waals surface area contributed by atoms with E-state index >= 15 is 0 Å². The summed E-state index contributed by atoms with van der Waals surface area (Å²) in [5.74, 6) is -1.16. The molecule has 0 aliphatic carbocycles. The van der Waals surface area contributed by atoms with Crippen LogP contribution in [0.3, 0.4) is 0 Å². The van der Waals surface area contributed by atoms with Crippen LogP contribution in [0.15, 0.2) is 72.3 Å². The largest absolute Gasteiger partial charge is 0.507 e. The molecule has 1 unspecified atom stereocenters. The second-order valence-corrected chi connectivity index (χ2v) is 9.59. The van der Waals surface area contributed by atoms with E-state index in [9.17, 15) is 14.7 Å². The maximum atomic E-state index is 13.4. The second kappa shape index (κ2) is 9.17. The summed E-state index contributed by atoms with van der Waals surface area (Å²) in [7, 11) is 0. The lowest BCUT2D eigenvalue weighted by molar-refractivity contribution is -0.132. The molecule has 5 rings (SSSR count). The van der Waals surface area contributed by atoms with Gasteiger partial charge in [-0.2, -0.15) is 0 Å². The van der Waals surface area contributed by atoms with Crippen LogP contribution in [0.1, 0.15) is 29.7 Å². The first-order valence-electron chi connectivity index (χ1n) is 11.0. The van der Waals surface area contributed by atoms with Gasteiger partial charge in [0.05, 0.1) is 28.4 Å². The summed E-state index contributed by atoms with van der Waals surface area (Å²) in [4.78, 5) is 32.7. The van der Waals surface area contributed by atoms with Gasteiger partial charge in [-0.3, -0.25) is 14.5 Å². The van der Waals surface area contributed by atoms with E-state index in [4.69, 9.17) is 16.3 Å². The van der Waals surface area contributed by atoms with Gasteiger partial charge in [-0.1, -0.05) is 64.9 Å². The Kier molecular flexibility index (Phi) is 6.05. The predicted molar refractivity (Wildman–Crippen MR) is 138 cm³/mol. The summed E-state index contributed by atoms with van der Waals surface area (Å²) in [5, 5.41) is 12.2. The number of aryl methyl sites for hydroxylation is 1. The van der Waals surface area contributed by atoms with E-state index in [-0.39, 0.29) is 11.3 Å². The van der Waals surface area contributed by atoms with Gasteiger partial charge in [-0.15, -0.1) is 0 Å². The number of fused-ring (bicyclic) bond motifs is 1. The normalized spacial score (nSPS) is 17.3. The van der Waals surface area contributed by atoms with E-state index in [1.54, 1.807) is 54.6 Å². The smallest absolute Gasteiger partial charge is 0.301 e. The van der Waals surface area contributed by atoms with Crippen molar-refractivity contribution in [1.29, 1.82) is 0 Å². The number of ether oxygens (including phenoxy) is 1. The standard InChI is InChI=1S/C27H21ClN2O4S/c1-3-34-19-6-4-5-17(13-19)23-22(24(31)16-9-7-15(2)8-10-16)25(32)26(33)30(23)27-29-20-12-11-18(28)14-21(20)35-27/h4-14,23,31H,3H2,1-2H3. The number of halogens is 1. The van der Waals surface area contributed by atoms with Gasteiger partial charge in [0.15, 0.2) is 5.13 Å². The second-order valence-electron chi connectivity index (χ2n) is 8.15. The number of aliphatic hydroxyl groups excluding tert-OH is 1. The summed E-state index contributed by atoms with van der Waals surface area (Å²) < 4.78 is 6.45. The zero-order valence-corrected chi connectivity index (χ0v) is 20.6. The lowest BCUT2D eigenvalue weighted by atomic mass is 9.95. The molecule has 176 valence electrons. The molecule has 2 heterocycles. The maximum absolute atomic E-state index is 13.4. The van der Waals surface area contributed by atoms with Crippen molar-refractivity contribution in [2.45, 2.75) is 19.9 Å². The number of Topliss-reactive ketones (excluding diaryl/α,β-unsaturated/α-hetero) is 1. The average Bonchev–Trinajstić information content (AvgIpc) is 3.37. The Morgan fingerprint density at radius 1 is 1.11 bits per heavy atom. The monoisotopic (exact) mass is 504 g/mol. The van der Waals surface area contributed by atoms with Crippen LogP contribution in [0.2, 0.25) is 5.02 Å². The summed E-state index contributed by atoms with van der Waals surface area (Å²) in [5.41, 5.74) is 2.76. The highest BCUT2D eigenvalue weighted by atomic mass is 35.5. The van der Waals surface area contributed by atoms with Gasteiger partial charge in [0.1, 0.15) is 11.5 Å². The number of carbonyl (C=O) groups is 2. The first-order valence-corrected chi connectivity index (χ1v) is 12.2. The quantitative estimate of drug-likeness (QED) is 0.196. The van der Waals surface area contributed by atoms with Gasteiger partial charge in [0, 0.05) is 10.6 Å². The van der Waals surface area contributed by atoms with Crippen molar-refractivity contribution in [2.24, 2.45) is 0 Å². The third-order valence-electron chi connectivity index (χ3n) is 5.80. The van der Waals surface area contributed by atoms with Crippen molar-refractivity contribution in [3.63, 3.8) is 0 Å². The van der Waals surface area contributed by atoms with Crippen LogP contribution < -0.4 is 9.64 Å². The van der Waals surface area contributed by atoms with Crippen LogP contribution in [0.25, 0.3) is 16.0 Å². The van der Waals surface area contributed by atoms with Crippen LogP contribution in [-0.2, 0) is 9.59 Å². The average molecular weight is 505 g/mol. The summed E-state index contributed by atoms with van der Waals surface area (Å²) in [6, 6.07) is 18.7. The Morgan fingerprint density at radius 3 is 2.63 bits per heavy atom. The number of aliphatic hydroxyl groups is 1. The van der Waals surface area contributed by atoms with Crippen molar-refractivity contribution in [3.8, 4) is 5.75 Å². The third-order valence-corrected chi connectivity index (χ3v) is 7.05. The third kappa shape index (κ3) is 4.17. The molecule has 1 amide bonds. The number of anilines is 1. The van der Waals surface area contributed by atoms with Crippen molar-refractivity contribution >= 4 is 55.7 Å². The molecule has 8 heteroatoms. The Labute approximate surface area is 211 Å². The zero-order valence-electron chi connectivity index (χ0n) is 19.0. The van der Waals surface area contributed by atoms with Gasteiger partial charge in [0.2, 0.25) is 0 Å². The Morgan fingerprint density at radius 2 is 1.89 bits per heavy atom. The number of thiazole rings is 1. The van der Waals surface area contributed by atoms with Crippen LogP contribution >= 0.6 is 22.9 Å². The molecular formula is C27H21ClN2O4S. The molecule has 1 saturated heterocycles. The number of ketones is 1. The highest BCUT2D eigenvalue weighted by Gasteiger charge is 2.48. The molecule has 0 radical (unpaired) electrons. The molecule has 1 fully saturated rings. The van der Waals surface area contributed by atoms with Crippen LogP contribution in [0.4, 0.5) is 5.13 Å². The molecule has 6 nitrogen and oxygen atoms in total. The minimum atomic E-state index is -0.882. The first-order chi connectivity index (χ1) is 16.9. The molecule has 35 heavy (non-hydrogen) atoms. The van der Waals surface area contributed by atoms with Gasteiger partial charge in [-0.05, 0) is 49.7 Å². The zero-order chi connectivity index (χ0) is 24.7. The van der Waals surface area contributed by atoms with Crippen LogP contribution in [-0.4, -0.2) is 28.4 Å². The maximum Gasteiger partial charge on any atom is 0.301 e. The fourth-order valence-corrected chi connectivity index (χ4v) is 5.41. The minimum Gasteiger partial charge on any atom is -0.507 e. The Balaban J connectivity index is 1.72. The Bertz CT molecular complexity index is 1490. The molecule has 1 atom stereocenters. The molecular weight excluding hydrogens is 484 g/mol. The van der Waals surface area contributed by atoms with E-state index in [0.29, 0.717) is 39.2 Å². The Hall–Kier alpha value is -3.68. The van der Waals surface area contributed by atoms with Crippen molar-refractivity contribution in [2.75, 3.05) is 11.5 Å². The topological polar surface area (TPSA) is 79.7 Å². The summed E-state index contributed by atoms with van der Waals surface area (Å²) >= 11 is 7.41. The van der Waals surface area contributed by atoms with E-state index in [0.717, 1.165) is 10.3 Å². The van der Waals surface area contributed by atoms with Gasteiger partial charge in [-0.25, -0.2) is 4.98 Å². The predicted octanol–water partition coefficient (Wildman–Crippen LogP) is 6.28. The van der Waals surface area contributed by atoms with Crippen molar-refractivity contribution in [1.82, 2.24) is 4.98 Å². The lowest BCUT2D eigenvalue weighted by Gasteiger charge is -2.23. The number of benzene rings is 3. The minimum absolute atomic E-state index is 0.00444. The number of hydrogen-bond acceptors (Lipinski definition) is 6. The van der Waals surface area contributed by atoms with Crippen molar-refractivity contribution in [3.05, 3.63) is 94.0 Å². The fraction of sp³-hybridized carbons (Fsp3) is 0.148. The molecule has 0 bridgehead atoms. The van der Waals surface area contributed by atoms with Crippen LogP contribution in [0.5, 0.6) is 5.75 Å². The van der Waals surface area contributed by atoms with E-state index in [1.165, 1.54) is 16.2 Å². The van der Waals surface area contributed by atoms with Crippen molar-refractivity contribution < 1.29 is 19.4 Å². The molecule has 1 N–H and O–H groups in total. The van der Waals surface area contributed by atoms with Crippen LogP contribution in [0, 0.1) is 6.92 Å². The number of carbonyl (C=O) groups excluding carboxylic acids is 2. The first kappa shape index (κ1) is 23.1. The SMILES string of the molecule is CCOc1cccc(C2C(=C(O)c3ccc(C)cc3)C(=O)C(=O)N2c2nc3ccc(Cl)cc3s2)c1. The van der Waals surface area contributed by atoms with Gasteiger partial charge in [0.25, 0.3) is 5.78 Å². The highest BCUT2D eigenvalue weighted by molar-refractivity contribution is 7.22. The summed E-state index contributed by atoms with van der Waals surface area (Å²) in [6.45, 7) is 4.27. The van der Waals surface area contributed by atoms with E-state index < -0.39 is 17.7 Å². The highest BCUT2D eigenvalue weighted by Crippen LogP contribution is 2.45. The number of nitrogens with zero attached hydrogens (tertiary/aromatic N) is 2. The van der Waals surface area contributed by atoms with E-state index in [2.05, 4.69) is 4.98 Å². The number of hydrogen-bond donors (Lipinski definition) is 1. The van der Waals surface area contributed by atoms with Gasteiger partial charge >= 0.3 is 5.91 Å².